The molecule has 0 aliphatic rings. The van der Waals surface area contributed by atoms with Gasteiger partial charge in [-0.25, -0.2) is 24.9 Å². The van der Waals surface area contributed by atoms with Gasteiger partial charge in [0.05, 0.1) is 67.8 Å². The Bertz CT molecular complexity index is 7190. The lowest BCUT2D eigenvalue weighted by Crippen LogP contribution is -2.02. The Morgan fingerprint density at radius 1 is 0.248 bits per heavy atom. The molecule has 0 saturated carbocycles. The smallest absolute Gasteiger partial charge is 0.145 e. The average molecular weight is 1470 g/mol. The van der Waals surface area contributed by atoms with E-state index in [9.17, 15) is 0 Å². The summed E-state index contributed by atoms with van der Waals surface area (Å²) in [6.45, 7) is 4.35. The fourth-order valence-electron chi connectivity index (χ4n) is 16.4. The van der Waals surface area contributed by atoms with Crippen molar-refractivity contribution < 1.29 is 4.74 Å². The summed E-state index contributed by atoms with van der Waals surface area (Å²) in [5.74, 6) is 5.21. The normalized spacial score (nSPS) is 11.5. The molecule has 8 heterocycles. The van der Waals surface area contributed by atoms with E-state index in [-0.39, 0.29) is 7.43 Å². The Labute approximate surface area is 656 Å². The zero-order valence-corrected chi connectivity index (χ0v) is 64.1. The van der Waals surface area contributed by atoms with Crippen molar-refractivity contribution in [1.29, 1.82) is 0 Å². The van der Waals surface area contributed by atoms with E-state index < -0.39 is 0 Å². The lowest BCUT2D eigenvalue weighted by Gasteiger charge is -2.07. The van der Waals surface area contributed by atoms with E-state index in [4.69, 9.17) is 44.6 Å². The minimum Gasteiger partial charge on any atom is -0.494 e. The second-order valence-corrected chi connectivity index (χ2v) is 29.4. The zero-order chi connectivity index (χ0) is 75.9. The van der Waals surface area contributed by atoms with Crippen molar-refractivity contribution >= 4 is 142 Å². The maximum absolute atomic E-state index is 5.47. The number of methoxy groups -OCH3 is 1. The first kappa shape index (κ1) is 72.3. The molecule has 0 unspecified atom stereocenters. The Balaban J connectivity index is 0.000000109. The average Bonchev–Trinajstić information content (AvgIpc) is 1.63. The molecule has 0 radical (unpaired) electrons. The van der Waals surface area contributed by atoms with Crippen molar-refractivity contribution in [1.82, 2.24) is 58.1 Å². The molecule has 13 nitrogen and oxygen atoms in total. The number of rotatable bonds is 13. The van der Waals surface area contributed by atoms with E-state index in [1.54, 1.807) is 7.11 Å². The first-order valence-electron chi connectivity index (χ1n) is 38.7. The molecule has 21 aromatic rings. The van der Waals surface area contributed by atoms with Crippen molar-refractivity contribution in [3.63, 3.8) is 0 Å². The van der Waals surface area contributed by atoms with Crippen molar-refractivity contribution in [3.05, 3.63) is 342 Å². The Hall–Kier alpha value is -13.5. The molecule has 0 spiro atoms. The van der Waals surface area contributed by atoms with Crippen LogP contribution in [0.3, 0.4) is 0 Å². The van der Waals surface area contributed by atoms with Crippen LogP contribution in [-0.2, 0) is 79.6 Å². The van der Waals surface area contributed by atoms with Gasteiger partial charge in [-0.1, -0.05) is 226 Å². The van der Waals surface area contributed by atoms with Crippen LogP contribution >= 0.6 is 0 Å². The van der Waals surface area contributed by atoms with Crippen molar-refractivity contribution in [2.75, 3.05) is 7.11 Å². The van der Waals surface area contributed by atoms with E-state index in [1.165, 1.54) is 103 Å². The van der Waals surface area contributed by atoms with E-state index in [0.29, 0.717) is 0 Å². The van der Waals surface area contributed by atoms with Gasteiger partial charge in [-0.05, 0) is 144 Å². The number of aryl methyl sites for hydroxylation is 14. The highest BCUT2D eigenvalue weighted by Crippen LogP contribution is 2.34. The summed E-state index contributed by atoms with van der Waals surface area (Å²) in [7, 11) is 10.1. The number of aromatic nitrogens is 12. The molecule has 0 bridgehead atoms. The van der Waals surface area contributed by atoms with Crippen molar-refractivity contribution in [3.8, 4) is 5.75 Å². The van der Waals surface area contributed by atoms with Crippen LogP contribution in [0.4, 0.5) is 0 Å². The second-order valence-electron chi connectivity index (χ2n) is 29.4. The third-order valence-electron chi connectivity index (χ3n) is 22.4. The molecule has 13 aromatic carbocycles. The predicted molar refractivity (Wildman–Crippen MR) is 470 cm³/mol. The van der Waals surface area contributed by atoms with Gasteiger partial charge in [-0.2, -0.15) is 0 Å². The number of pyridine rings is 4. The van der Waals surface area contributed by atoms with Crippen LogP contribution in [0.15, 0.2) is 285 Å². The van der Waals surface area contributed by atoms with Crippen LogP contribution in [0.1, 0.15) is 64.6 Å². The van der Waals surface area contributed by atoms with Gasteiger partial charge in [-0.3, -0.25) is 15.0 Å². The number of ether oxygens (including phenoxy) is 1. The third-order valence-corrected chi connectivity index (χ3v) is 22.4. The number of hydrogen-bond acceptors (Lipinski definition) is 9. The summed E-state index contributed by atoms with van der Waals surface area (Å²) in [5.41, 5.74) is 20.2. The molecular formula is C100H88N12O. The minimum atomic E-state index is 0. The molecule has 554 valence electrons. The monoisotopic (exact) mass is 1470 g/mol. The fourth-order valence-corrected chi connectivity index (χ4v) is 16.4. The van der Waals surface area contributed by atoms with Crippen LogP contribution in [-0.4, -0.2) is 65.3 Å². The number of imidazole rings is 4. The van der Waals surface area contributed by atoms with Gasteiger partial charge >= 0.3 is 0 Å². The molecule has 8 aromatic heterocycles. The number of hydrogen-bond donors (Lipinski definition) is 0. The Morgan fingerprint density at radius 3 is 1.11 bits per heavy atom. The molecule has 13 heteroatoms. The van der Waals surface area contributed by atoms with Gasteiger partial charge in [0.1, 0.15) is 34.6 Å². The van der Waals surface area contributed by atoms with Crippen LogP contribution in [0.5, 0.6) is 5.75 Å². The van der Waals surface area contributed by atoms with Crippen LogP contribution in [0.25, 0.3) is 142 Å². The number of para-hydroxylation sites is 3. The van der Waals surface area contributed by atoms with Gasteiger partial charge in [-0.15, -0.1) is 0 Å². The highest BCUT2D eigenvalue weighted by molar-refractivity contribution is 6.09. The zero-order valence-electron chi connectivity index (χ0n) is 64.1. The molecule has 0 atom stereocenters. The van der Waals surface area contributed by atoms with Crippen LogP contribution < -0.4 is 4.74 Å². The fraction of sp³-hybridized carbons (Fsp3) is 0.160. The summed E-state index contributed by atoms with van der Waals surface area (Å²) in [4.78, 5) is 39.4. The SMILES string of the molecule is C.COc1cccc2ccc(CCc3nc4c5ccccc5ccc4n3C)nc12.Cc1cc2c(nc(CCc3ccc4ccccc4n3)n2C)c2ccccc12.Cc1cc2ccccc2c2nc(CCc3ccc4ccccc4n3)n(C)c12.Cn1c(CCc2ccc3ccc4ccccc4c3n2)nc2c3ccccc3ccc21. The molecule has 113 heavy (non-hydrogen) atoms. The van der Waals surface area contributed by atoms with Gasteiger partial charge < -0.3 is 23.0 Å². The molecular weight excluding hydrogens is 1390 g/mol. The Kier molecular flexibility index (Phi) is 19.9. The largest absolute Gasteiger partial charge is 0.494 e. The van der Waals surface area contributed by atoms with Crippen LogP contribution in [0.2, 0.25) is 0 Å². The highest BCUT2D eigenvalue weighted by atomic mass is 16.5. The predicted octanol–water partition coefficient (Wildman–Crippen LogP) is 22.7. The summed E-state index contributed by atoms with van der Waals surface area (Å²) in [5, 5.41) is 17.0. The highest BCUT2D eigenvalue weighted by Gasteiger charge is 2.19. The molecule has 0 saturated heterocycles. The number of nitrogens with zero attached hydrogens (tertiary/aromatic N) is 12. The molecule has 0 fully saturated rings. The van der Waals surface area contributed by atoms with Gasteiger partial charge in [0.15, 0.2) is 0 Å². The number of fused-ring (bicyclic) bond motifs is 18. The van der Waals surface area contributed by atoms with E-state index >= 15 is 0 Å². The standard InChI is InChI=1S/C27H21N3.C24H21N3O.2C24H21N3.CH4/c1-30-24-16-13-19-7-3-5-9-23(19)27(24)29-25(30)17-15-21-14-12-20-11-10-18-6-2-4-8-22(18)26(20)28-21;1-27-20-14-11-16-6-3-4-8-19(16)24(20)26-22(27)15-13-18-12-10-17-7-5-9-21(28-2)23(17)25-18;1-16-15-22-24(20-9-5-4-8-19(16)20)26-23(27(22)2)14-13-18-12-11-17-7-3-6-10-21(17)25-18;1-16-15-18-8-3-5-9-20(18)23-24(16)27(2)22(26-23)14-13-19-12-11-17-7-4-6-10-21(17)25-19;/h2-14,16H,15,17H2,1H3;3-12,14H,13,15H2,1-2H3;2*3-12,15H,13-14H2,1-2H3;1H4. The summed E-state index contributed by atoms with van der Waals surface area (Å²) in [6.07, 6.45) is 6.94. The molecule has 0 N–H and O–H groups in total. The minimum absolute atomic E-state index is 0. The topological polar surface area (TPSA) is 132 Å². The first-order chi connectivity index (χ1) is 54.9. The van der Waals surface area contributed by atoms with E-state index in [0.717, 1.165) is 153 Å². The summed E-state index contributed by atoms with van der Waals surface area (Å²) < 4.78 is 14.4. The summed E-state index contributed by atoms with van der Waals surface area (Å²) >= 11 is 0. The molecule has 0 aliphatic heterocycles. The van der Waals surface area contributed by atoms with Gasteiger partial charge in [0, 0.05) is 125 Å². The first-order valence-corrected chi connectivity index (χ1v) is 38.7. The third kappa shape index (κ3) is 14.2. The molecule has 21 rings (SSSR count). The maximum Gasteiger partial charge on any atom is 0.145 e. The van der Waals surface area contributed by atoms with Crippen molar-refractivity contribution in [2.24, 2.45) is 28.2 Å². The molecule has 0 amide bonds. The van der Waals surface area contributed by atoms with Crippen LogP contribution in [0, 0.1) is 13.8 Å². The van der Waals surface area contributed by atoms with Crippen molar-refractivity contribution in [2.45, 2.75) is 72.6 Å². The number of benzene rings is 13. The lowest BCUT2D eigenvalue weighted by atomic mass is 10.0. The second kappa shape index (κ2) is 31.1. The quantitative estimate of drug-likeness (QED) is 0.104. The Morgan fingerprint density at radius 2 is 0.593 bits per heavy atom. The van der Waals surface area contributed by atoms with E-state index in [1.807, 2.05) is 24.3 Å². The molecule has 0 aliphatic carbocycles. The van der Waals surface area contributed by atoms with E-state index in [2.05, 4.69) is 321 Å². The van der Waals surface area contributed by atoms with Gasteiger partial charge in [0.2, 0.25) is 0 Å². The maximum atomic E-state index is 5.47. The van der Waals surface area contributed by atoms with Gasteiger partial charge in [0.25, 0.3) is 0 Å². The lowest BCUT2D eigenvalue weighted by molar-refractivity contribution is 0.419. The summed E-state index contributed by atoms with van der Waals surface area (Å²) in [6, 6.07) is 99.6.